The Labute approximate surface area is 122 Å². The predicted molar refractivity (Wildman–Crippen MR) is 78.9 cm³/mol. The fourth-order valence-corrected chi connectivity index (χ4v) is 2.27. The summed E-state index contributed by atoms with van der Waals surface area (Å²) in [5, 5.41) is 8.03. The van der Waals surface area contributed by atoms with Crippen molar-refractivity contribution >= 4 is 21.8 Å². The summed E-state index contributed by atoms with van der Waals surface area (Å²) in [7, 11) is 3.30. The molecule has 0 saturated heterocycles. The molecule has 1 aromatic rings. The van der Waals surface area contributed by atoms with Crippen LogP contribution in [0.4, 0.5) is 0 Å². The van der Waals surface area contributed by atoms with Gasteiger partial charge in [0.25, 0.3) is 5.91 Å². The number of amides is 1. The molecule has 1 rings (SSSR count). The van der Waals surface area contributed by atoms with Gasteiger partial charge in [-0.15, -0.1) is 0 Å². The zero-order valence-electron chi connectivity index (χ0n) is 12.2. The number of methoxy groups -OCH3 is 1. The molecule has 0 aliphatic carbocycles. The van der Waals surface area contributed by atoms with E-state index in [4.69, 9.17) is 4.74 Å². The summed E-state index contributed by atoms with van der Waals surface area (Å²) in [6.45, 7) is 6.33. The third kappa shape index (κ3) is 4.23. The van der Waals surface area contributed by atoms with Gasteiger partial charge in [-0.1, -0.05) is 36.7 Å². The van der Waals surface area contributed by atoms with Crippen molar-refractivity contribution in [3.63, 3.8) is 0 Å². The van der Waals surface area contributed by atoms with Gasteiger partial charge in [0.15, 0.2) is 5.69 Å². The predicted octanol–water partition coefficient (Wildman–Crippen LogP) is 2.36. The average molecular weight is 332 g/mol. The summed E-state index contributed by atoms with van der Waals surface area (Å²) in [6.07, 6.45) is 0.874. The molecule has 0 aliphatic rings. The molecule has 0 bridgehead atoms. The van der Waals surface area contributed by atoms with Crippen LogP contribution >= 0.6 is 15.9 Å². The highest BCUT2D eigenvalue weighted by atomic mass is 79.9. The van der Waals surface area contributed by atoms with Crippen LogP contribution in [-0.2, 0) is 7.05 Å². The Kier molecular flexibility index (Phi) is 5.40. The molecule has 1 N–H and O–H groups in total. The van der Waals surface area contributed by atoms with E-state index in [1.54, 1.807) is 24.9 Å². The van der Waals surface area contributed by atoms with E-state index in [9.17, 15) is 4.79 Å². The van der Waals surface area contributed by atoms with Gasteiger partial charge in [-0.2, -0.15) is 5.10 Å². The lowest BCUT2D eigenvalue weighted by molar-refractivity contribution is 0.0895. The number of ether oxygens (including phenoxy) is 1. The van der Waals surface area contributed by atoms with E-state index in [1.807, 2.05) is 0 Å². The van der Waals surface area contributed by atoms with Crippen LogP contribution in [0.5, 0.6) is 5.88 Å². The SMILES string of the molecule is COc1cc(C(=O)NC(CCBr)C(C)(C)C)nn1C. The first-order chi connectivity index (χ1) is 8.79. The maximum absolute atomic E-state index is 12.2. The van der Waals surface area contributed by atoms with Crippen molar-refractivity contribution in [1.29, 1.82) is 0 Å². The number of hydrogen-bond acceptors (Lipinski definition) is 3. The van der Waals surface area contributed by atoms with Crippen LogP contribution in [-0.4, -0.2) is 34.2 Å². The molecule has 1 atom stereocenters. The topological polar surface area (TPSA) is 56.1 Å². The molecule has 0 fully saturated rings. The Bertz CT molecular complexity index is 438. The Balaban J connectivity index is 2.81. The highest BCUT2D eigenvalue weighted by Gasteiger charge is 2.27. The van der Waals surface area contributed by atoms with E-state index in [-0.39, 0.29) is 17.4 Å². The molecule has 5 nitrogen and oxygen atoms in total. The zero-order chi connectivity index (χ0) is 14.6. The van der Waals surface area contributed by atoms with Crippen LogP contribution < -0.4 is 10.1 Å². The normalized spacial score (nSPS) is 13.2. The highest BCUT2D eigenvalue weighted by molar-refractivity contribution is 9.09. The summed E-state index contributed by atoms with van der Waals surface area (Å²) < 4.78 is 6.66. The van der Waals surface area contributed by atoms with E-state index in [0.29, 0.717) is 11.6 Å². The van der Waals surface area contributed by atoms with Crippen LogP contribution in [0.2, 0.25) is 0 Å². The summed E-state index contributed by atoms with van der Waals surface area (Å²) >= 11 is 3.42. The second-order valence-corrected chi connectivity index (χ2v) is 6.36. The maximum atomic E-state index is 12.2. The number of aryl methyl sites for hydroxylation is 1. The molecule has 108 valence electrons. The minimum Gasteiger partial charge on any atom is -0.481 e. The van der Waals surface area contributed by atoms with E-state index in [1.165, 1.54) is 0 Å². The number of aromatic nitrogens is 2. The fourth-order valence-electron chi connectivity index (χ4n) is 1.82. The van der Waals surface area contributed by atoms with Gasteiger partial charge < -0.3 is 10.1 Å². The molecule has 1 unspecified atom stereocenters. The van der Waals surface area contributed by atoms with E-state index in [2.05, 4.69) is 47.1 Å². The number of alkyl halides is 1. The Morgan fingerprint density at radius 1 is 1.58 bits per heavy atom. The highest BCUT2D eigenvalue weighted by Crippen LogP contribution is 2.23. The molecule has 0 radical (unpaired) electrons. The van der Waals surface area contributed by atoms with Crippen LogP contribution in [0, 0.1) is 5.41 Å². The first-order valence-corrected chi connectivity index (χ1v) is 7.36. The number of hydrogen-bond donors (Lipinski definition) is 1. The average Bonchev–Trinajstić information content (AvgIpc) is 2.68. The van der Waals surface area contributed by atoms with Crippen molar-refractivity contribution in [1.82, 2.24) is 15.1 Å². The number of nitrogens with one attached hydrogen (secondary N) is 1. The smallest absolute Gasteiger partial charge is 0.272 e. The second kappa shape index (κ2) is 6.41. The third-order valence-corrected chi connectivity index (χ3v) is 3.48. The minimum atomic E-state index is -0.167. The molecule has 0 aromatic carbocycles. The molecule has 1 heterocycles. The van der Waals surface area contributed by atoms with Crippen LogP contribution in [0.15, 0.2) is 6.07 Å². The standard InChI is InChI=1S/C13H22BrN3O2/c1-13(2,3)10(6-7-14)15-12(18)9-8-11(19-5)17(4)16-9/h8,10H,6-7H2,1-5H3,(H,15,18). The Morgan fingerprint density at radius 3 is 2.63 bits per heavy atom. The van der Waals surface area contributed by atoms with Gasteiger partial charge in [-0.05, 0) is 11.8 Å². The molecule has 0 spiro atoms. The van der Waals surface area contributed by atoms with Gasteiger partial charge in [-0.25, -0.2) is 4.68 Å². The molecule has 1 aromatic heterocycles. The van der Waals surface area contributed by atoms with Crippen molar-refractivity contribution in [2.45, 2.75) is 33.2 Å². The molecular formula is C13H22BrN3O2. The van der Waals surface area contributed by atoms with Crippen molar-refractivity contribution in [3.05, 3.63) is 11.8 Å². The van der Waals surface area contributed by atoms with Crippen LogP contribution in [0.3, 0.4) is 0 Å². The van der Waals surface area contributed by atoms with Crippen molar-refractivity contribution in [3.8, 4) is 5.88 Å². The van der Waals surface area contributed by atoms with Crippen molar-refractivity contribution in [2.75, 3.05) is 12.4 Å². The maximum Gasteiger partial charge on any atom is 0.272 e. The molecular weight excluding hydrogens is 310 g/mol. The van der Waals surface area contributed by atoms with Gasteiger partial charge in [0.1, 0.15) is 0 Å². The number of carbonyl (C=O) groups excluding carboxylic acids is 1. The first kappa shape index (κ1) is 16.0. The summed E-state index contributed by atoms with van der Waals surface area (Å²) in [5.74, 6) is 0.401. The fraction of sp³-hybridized carbons (Fsp3) is 0.692. The quantitative estimate of drug-likeness (QED) is 0.842. The minimum absolute atomic E-state index is 0.00228. The third-order valence-electron chi connectivity index (χ3n) is 3.03. The lowest BCUT2D eigenvalue weighted by Crippen LogP contribution is -2.44. The van der Waals surface area contributed by atoms with Crippen LogP contribution in [0.1, 0.15) is 37.7 Å². The lowest BCUT2D eigenvalue weighted by atomic mass is 9.85. The molecule has 19 heavy (non-hydrogen) atoms. The number of nitrogens with zero attached hydrogens (tertiary/aromatic N) is 2. The molecule has 0 saturated carbocycles. The Morgan fingerprint density at radius 2 is 2.21 bits per heavy atom. The molecule has 6 heteroatoms. The summed E-state index contributed by atoms with van der Waals surface area (Å²) in [6, 6.07) is 1.73. The van der Waals surface area contributed by atoms with Gasteiger partial charge in [0.05, 0.1) is 7.11 Å². The van der Waals surface area contributed by atoms with Crippen molar-refractivity contribution < 1.29 is 9.53 Å². The van der Waals surface area contributed by atoms with Gasteiger partial charge >= 0.3 is 0 Å². The zero-order valence-corrected chi connectivity index (χ0v) is 13.7. The molecule has 0 aliphatic heterocycles. The second-order valence-electron chi connectivity index (χ2n) is 5.57. The van der Waals surface area contributed by atoms with E-state index in [0.717, 1.165) is 11.8 Å². The summed E-state index contributed by atoms with van der Waals surface area (Å²) in [4.78, 5) is 12.2. The number of rotatable bonds is 5. The van der Waals surface area contributed by atoms with Gasteiger partial charge in [0.2, 0.25) is 5.88 Å². The number of halogens is 1. The van der Waals surface area contributed by atoms with Crippen molar-refractivity contribution in [2.24, 2.45) is 12.5 Å². The van der Waals surface area contributed by atoms with Crippen LogP contribution in [0.25, 0.3) is 0 Å². The molecule has 1 amide bonds. The number of carbonyl (C=O) groups is 1. The van der Waals surface area contributed by atoms with E-state index >= 15 is 0 Å². The van der Waals surface area contributed by atoms with E-state index < -0.39 is 0 Å². The Hall–Kier alpha value is -1.04. The first-order valence-electron chi connectivity index (χ1n) is 6.24. The van der Waals surface area contributed by atoms with Gasteiger partial charge in [0, 0.05) is 24.5 Å². The largest absolute Gasteiger partial charge is 0.481 e. The van der Waals surface area contributed by atoms with Gasteiger partial charge in [-0.3, -0.25) is 4.79 Å². The summed E-state index contributed by atoms with van der Waals surface area (Å²) in [5.41, 5.74) is 0.380. The monoisotopic (exact) mass is 331 g/mol. The lowest BCUT2D eigenvalue weighted by Gasteiger charge is -2.30.